The zero-order chi connectivity index (χ0) is 17.3. The summed E-state index contributed by atoms with van der Waals surface area (Å²) in [6, 6.07) is 12.5. The second kappa shape index (κ2) is 6.72. The molecule has 7 heteroatoms. The number of nitrogens with one attached hydrogen (secondary N) is 1. The number of hydrogen-bond donors (Lipinski definition) is 1. The predicted octanol–water partition coefficient (Wildman–Crippen LogP) is 3.36. The molecule has 0 amide bonds. The van der Waals surface area contributed by atoms with Crippen molar-refractivity contribution in [2.75, 3.05) is 25.1 Å². The van der Waals surface area contributed by atoms with Crippen LogP contribution in [0.3, 0.4) is 0 Å². The first kappa shape index (κ1) is 16.5. The van der Waals surface area contributed by atoms with Gasteiger partial charge in [0.25, 0.3) is 0 Å². The van der Waals surface area contributed by atoms with Crippen molar-refractivity contribution in [3.8, 4) is 0 Å². The summed E-state index contributed by atoms with van der Waals surface area (Å²) in [6.45, 7) is 4.29. The maximum Gasteiger partial charge on any atom is 0.178 e. The molecule has 1 fully saturated rings. The molecule has 130 valence electrons. The summed E-state index contributed by atoms with van der Waals surface area (Å²) >= 11 is 3.52. The quantitative estimate of drug-likeness (QED) is 0.725. The van der Waals surface area contributed by atoms with Crippen molar-refractivity contribution in [3.63, 3.8) is 0 Å². The first-order valence-electron chi connectivity index (χ1n) is 8.43. The predicted molar refractivity (Wildman–Crippen MR) is 99.9 cm³/mol. The standard InChI is InChI=1S/C18H20BrN5O/c1-13-21-22-17-7-6-16(23-24(13)17)20-12-18(8-10-25-11-9-18)14-2-4-15(19)5-3-14/h2-7H,8-12H2,1H3,(H,20,23). The van der Waals surface area contributed by atoms with Gasteiger partial charge in [-0.2, -0.15) is 4.52 Å². The molecule has 3 aromatic rings. The third kappa shape index (κ3) is 3.26. The van der Waals surface area contributed by atoms with Crippen molar-refractivity contribution in [3.05, 3.63) is 52.3 Å². The Morgan fingerprint density at radius 3 is 2.64 bits per heavy atom. The van der Waals surface area contributed by atoms with Crippen molar-refractivity contribution in [1.29, 1.82) is 0 Å². The van der Waals surface area contributed by atoms with Crippen molar-refractivity contribution in [2.45, 2.75) is 25.2 Å². The summed E-state index contributed by atoms with van der Waals surface area (Å²) in [4.78, 5) is 0. The molecule has 0 spiro atoms. The molecule has 1 aliphatic heterocycles. The fraction of sp³-hybridized carbons (Fsp3) is 0.389. The van der Waals surface area contributed by atoms with Gasteiger partial charge in [0.15, 0.2) is 11.5 Å². The van der Waals surface area contributed by atoms with Crippen LogP contribution in [0.15, 0.2) is 40.9 Å². The van der Waals surface area contributed by atoms with E-state index in [0.717, 1.165) is 54.4 Å². The molecular weight excluding hydrogens is 382 g/mol. The fourth-order valence-corrected chi connectivity index (χ4v) is 3.65. The SMILES string of the molecule is Cc1nnc2ccc(NCC3(c4ccc(Br)cc4)CCOCC3)nn12. The minimum absolute atomic E-state index is 0.0534. The van der Waals surface area contributed by atoms with Crippen molar-refractivity contribution < 1.29 is 4.74 Å². The van der Waals surface area contributed by atoms with Crippen LogP contribution in [0.25, 0.3) is 5.65 Å². The molecule has 1 N–H and O–H groups in total. The molecule has 0 bridgehead atoms. The van der Waals surface area contributed by atoms with Gasteiger partial charge in [0, 0.05) is 29.6 Å². The Hall–Kier alpha value is -1.99. The average Bonchev–Trinajstić information content (AvgIpc) is 3.02. The average molecular weight is 402 g/mol. The summed E-state index contributed by atoms with van der Waals surface area (Å²) in [5.74, 6) is 1.62. The van der Waals surface area contributed by atoms with Crippen LogP contribution in [0.4, 0.5) is 5.82 Å². The van der Waals surface area contributed by atoms with Crippen LogP contribution in [0.2, 0.25) is 0 Å². The van der Waals surface area contributed by atoms with Crippen LogP contribution in [-0.2, 0) is 10.2 Å². The topological polar surface area (TPSA) is 64.3 Å². The molecule has 0 unspecified atom stereocenters. The second-order valence-corrected chi connectivity index (χ2v) is 7.40. The summed E-state index contributed by atoms with van der Waals surface area (Å²) in [5, 5.41) is 16.3. The number of rotatable bonds is 4. The lowest BCUT2D eigenvalue weighted by Gasteiger charge is -2.38. The van der Waals surface area contributed by atoms with Crippen LogP contribution in [0.5, 0.6) is 0 Å². The van der Waals surface area contributed by atoms with Crippen LogP contribution < -0.4 is 5.32 Å². The van der Waals surface area contributed by atoms with Crippen molar-refractivity contribution >= 4 is 27.4 Å². The zero-order valence-corrected chi connectivity index (χ0v) is 15.7. The van der Waals surface area contributed by atoms with E-state index in [2.05, 4.69) is 60.8 Å². The zero-order valence-electron chi connectivity index (χ0n) is 14.1. The van der Waals surface area contributed by atoms with Gasteiger partial charge in [-0.1, -0.05) is 28.1 Å². The highest BCUT2D eigenvalue weighted by Gasteiger charge is 2.34. The number of aryl methyl sites for hydroxylation is 1. The number of halogens is 1. The summed E-state index contributed by atoms with van der Waals surface area (Å²) in [5.41, 5.74) is 2.16. The van der Waals surface area contributed by atoms with Gasteiger partial charge in [-0.15, -0.1) is 15.3 Å². The molecule has 0 radical (unpaired) electrons. The maximum absolute atomic E-state index is 5.61. The number of benzene rings is 1. The third-order valence-corrected chi connectivity index (χ3v) is 5.46. The maximum atomic E-state index is 5.61. The van der Waals surface area contributed by atoms with E-state index in [4.69, 9.17) is 4.74 Å². The van der Waals surface area contributed by atoms with E-state index < -0.39 is 0 Å². The molecule has 25 heavy (non-hydrogen) atoms. The fourth-order valence-electron chi connectivity index (χ4n) is 3.38. The van der Waals surface area contributed by atoms with Gasteiger partial charge in [0.05, 0.1) is 0 Å². The van der Waals surface area contributed by atoms with E-state index >= 15 is 0 Å². The number of hydrogen-bond acceptors (Lipinski definition) is 5. The van der Waals surface area contributed by atoms with E-state index in [1.54, 1.807) is 4.52 Å². The molecule has 2 aromatic heterocycles. The van der Waals surface area contributed by atoms with E-state index in [9.17, 15) is 0 Å². The van der Waals surface area contributed by atoms with Crippen molar-refractivity contribution in [2.24, 2.45) is 0 Å². The minimum atomic E-state index is 0.0534. The van der Waals surface area contributed by atoms with Crippen LogP contribution in [-0.4, -0.2) is 39.6 Å². The Morgan fingerprint density at radius 1 is 1.12 bits per heavy atom. The largest absolute Gasteiger partial charge is 0.381 e. The van der Waals surface area contributed by atoms with Gasteiger partial charge in [-0.25, -0.2) is 0 Å². The molecule has 0 atom stereocenters. The lowest BCUT2D eigenvalue weighted by Crippen LogP contribution is -2.40. The smallest absolute Gasteiger partial charge is 0.178 e. The first-order chi connectivity index (χ1) is 12.2. The van der Waals surface area contributed by atoms with Crippen LogP contribution in [0, 0.1) is 6.92 Å². The Bertz CT molecular complexity index is 871. The molecule has 1 aliphatic rings. The van der Waals surface area contributed by atoms with E-state index in [0.29, 0.717) is 0 Å². The minimum Gasteiger partial charge on any atom is -0.381 e. The van der Waals surface area contributed by atoms with Crippen LogP contribution in [0.1, 0.15) is 24.2 Å². The highest BCUT2D eigenvalue weighted by molar-refractivity contribution is 9.10. The summed E-state index contributed by atoms with van der Waals surface area (Å²) in [7, 11) is 0. The molecular formula is C18H20BrN5O. The van der Waals surface area contributed by atoms with Gasteiger partial charge < -0.3 is 10.1 Å². The van der Waals surface area contributed by atoms with Gasteiger partial charge in [-0.3, -0.25) is 0 Å². The third-order valence-electron chi connectivity index (χ3n) is 4.93. The number of aromatic nitrogens is 4. The number of anilines is 1. The monoisotopic (exact) mass is 401 g/mol. The van der Waals surface area contributed by atoms with E-state index in [1.165, 1.54) is 5.56 Å². The summed E-state index contributed by atoms with van der Waals surface area (Å²) < 4.78 is 8.47. The van der Waals surface area contributed by atoms with E-state index in [1.807, 2.05) is 19.1 Å². The molecule has 0 aliphatic carbocycles. The molecule has 0 saturated carbocycles. The normalized spacial score (nSPS) is 16.9. The number of nitrogens with zero attached hydrogens (tertiary/aromatic N) is 4. The highest BCUT2D eigenvalue weighted by atomic mass is 79.9. The van der Waals surface area contributed by atoms with Gasteiger partial charge >= 0.3 is 0 Å². The van der Waals surface area contributed by atoms with Gasteiger partial charge in [-0.05, 0) is 49.6 Å². The first-order valence-corrected chi connectivity index (χ1v) is 9.22. The number of ether oxygens (including phenoxy) is 1. The van der Waals surface area contributed by atoms with Crippen molar-refractivity contribution in [1.82, 2.24) is 19.8 Å². The lowest BCUT2D eigenvalue weighted by molar-refractivity contribution is 0.0543. The Labute approximate surface area is 154 Å². The lowest BCUT2D eigenvalue weighted by atomic mass is 9.74. The molecule has 3 heterocycles. The number of fused-ring (bicyclic) bond motifs is 1. The van der Waals surface area contributed by atoms with Crippen LogP contribution >= 0.6 is 15.9 Å². The highest BCUT2D eigenvalue weighted by Crippen LogP contribution is 2.35. The molecule has 1 aromatic carbocycles. The molecule has 1 saturated heterocycles. The molecule has 6 nitrogen and oxygen atoms in total. The Kier molecular flexibility index (Phi) is 4.43. The molecule has 4 rings (SSSR count). The second-order valence-electron chi connectivity index (χ2n) is 6.49. The van der Waals surface area contributed by atoms with Gasteiger partial charge in [0.2, 0.25) is 0 Å². The Morgan fingerprint density at radius 2 is 1.88 bits per heavy atom. The summed E-state index contributed by atoms with van der Waals surface area (Å²) in [6.07, 6.45) is 1.99. The Balaban J connectivity index is 1.59. The van der Waals surface area contributed by atoms with Gasteiger partial charge in [0.1, 0.15) is 5.82 Å². The van der Waals surface area contributed by atoms with E-state index in [-0.39, 0.29) is 5.41 Å².